The molecule has 60 heavy (non-hydrogen) atoms. The number of aromatic nitrogens is 4. The number of imidazole rings is 2. The lowest BCUT2D eigenvalue weighted by Crippen LogP contribution is -2.43. The molecule has 3 N–H and O–H groups in total. The van der Waals surface area contributed by atoms with Crippen molar-refractivity contribution >= 4 is 17.9 Å². The number of hydrogen-bond acceptors (Lipinski definition) is 6. The molecule has 6 aromatic rings. The number of benzene rings is 4. The van der Waals surface area contributed by atoms with Gasteiger partial charge in [0.25, 0.3) is 5.91 Å². The Balaban J connectivity index is 0.937. The van der Waals surface area contributed by atoms with Gasteiger partial charge in [0.05, 0.1) is 35.9 Å². The van der Waals surface area contributed by atoms with Crippen molar-refractivity contribution in [3.63, 3.8) is 0 Å². The van der Waals surface area contributed by atoms with Gasteiger partial charge in [0, 0.05) is 20.1 Å². The summed E-state index contributed by atoms with van der Waals surface area (Å²) < 4.78 is 0. The number of aromatic amines is 2. The van der Waals surface area contributed by atoms with Gasteiger partial charge in [-0.05, 0) is 72.2 Å². The Kier molecular flexibility index (Phi) is 11.9. The number of likely N-dealkylation sites (tertiary alicyclic amines) is 2. The van der Waals surface area contributed by atoms with Crippen molar-refractivity contribution in [2.24, 2.45) is 0 Å². The third-order valence-corrected chi connectivity index (χ3v) is 12.2. The van der Waals surface area contributed by atoms with Gasteiger partial charge in [-0.3, -0.25) is 19.4 Å². The second-order valence-electron chi connectivity index (χ2n) is 15.6. The molecular formula is C48H52N8O4. The molecule has 0 spiro atoms. The van der Waals surface area contributed by atoms with Gasteiger partial charge in [-0.15, -0.1) is 0 Å². The summed E-state index contributed by atoms with van der Waals surface area (Å²) in [7, 11) is 1.44. The molecule has 0 aliphatic carbocycles. The molecule has 0 unspecified atom stereocenters. The first kappa shape index (κ1) is 40.3. The van der Waals surface area contributed by atoms with E-state index in [1.807, 2.05) is 47.5 Å². The molecule has 3 amide bonds. The maximum Gasteiger partial charge on any atom is 0.407 e. The van der Waals surface area contributed by atoms with Crippen LogP contribution in [0, 0.1) is 0 Å². The summed E-state index contributed by atoms with van der Waals surface area (Å²) in [6, 6.07) is 34.2. The molecule has 2 aromatic heterocycles. The van der Waals surface area contributed by atoms with Crippen LogP contribution in [0.1, 0.15) is 86.5 Å². The molecule has 0 saturated carbocycles. The molecule has 4 heterocycles. The number of rotatable bonds is 13. The summed E-state index contributed by atoms with van der Waals surface area (Å²) in [5, 5.41) is 9.81. The Bertz CT molecular complexity index is 2390. The highest BCUT2D eigenvalue weighted by Gasteiger charge is 2.40. The smallest absolute Gasteiger partial charge is 0.407 e. The zero-order valence-electron chi connectivity index (χ0n) is 34.4. The van der Waals surface area contributed by atoms with Crippen molar-refractivity contribution < 1.29 is 19.5 Å². The van der Waals surface area contributed by atoms with E-state index in [9.17, 15) is 19.5 Å². The van der Waals surface area contributed by atoms with Gasteiger partial charge in [0.1, 0.15) is 23.7 Å². The Morgan fingerprint density at radius 3 is 1.45 bits per heavy atom. The lowest BCUT2D eigenvalue weighted by atomic mass is 10.0. The number of carbonyl (C=O) groups is 3. The van der Waals surface area contributed by atoms with Gasteiger partial charge >= 0.3 is 6.09 Å². The largest absolute Gasteiger partial charge is 0.465 e. The van der Waals surface area contributed by atoms with Crippen molar-refractivity contribution in [1.29, 1.82) is 0 Å². The molecule has 0 bridgehead atoms. The number of carboxylic acid groups (broad SMARTS) is 1. The lowest BCUT2D eigenvalue weighted by Gasteiger charge is -2.34. The average molecular weight is 805 g/mol. The third-order valence-electron chi connectivity index (χ3n) is 12.2. The highest BCUT2D eigenvalue weighted by Crippen LogP contribution is 2.37. The lowest BCUT2D eigenvalue weighted by molar-refractivity contribution is -0.138. The van der Waals surface area contributed by atoms with E-state index in [0.717, 1.165) is 88.7 Å². The van der Waals surface area contributed by atoms with Gasteiger partial charge in [-0.2, -0.15) is 0 Å². The molecule has 2 aliphatic rings. The van der Waals surface area contributed by atoms with Crippen LogP contribution in [0.4, 0.5) is 4.79 Å². The van der Waals surface area contributed by atoms with Crippen molar-refractivity contribution in [1.82, 2.24) is 39.5 Å². The second-order valence-corrected chi connectivity index (χ2v) is 15.6. The maximum atomic E-state index is 14.2. The normalized spacial score (nSPS) is 17.5. The fraction of sp³-hybridized carbons (Fsp3) is 0.312. The number of nitrogens with one attached hydrogen (secondary N) is 2. The average Bonchev–Trinajstić information content (AvgIpc) is 4.14. The van der Waals surface area contributed by atoms with E-state index in [1.165, 1.54) is 7.05 Å². The summed E-state index contributed by atoms with van der Waals surface area (Å²) in [5.74, 6) is 1.37. The monoisotopic (exact) mass is 804 g/mol. The summed E-state index contributed by atoms with van der Waals surface area (Å²) >= 11 is 0. The minimum absolute atomic E-state index is 0.103. The molecule has 308 valence electrons. The van der Waals surface area contributed by atoms with E-state index < -0.39 is 12.1 Å². The van der Waals surface area contributed by atoms with Crippen LogP contribution in [0.25, 0.3) is 33.6 Å². The Hall–Kier alpha value is -6.53. The molecule has 8 rings (SSSR count). The molecular weight excluding hydrogens is 753 g/mol. The quantitative estimate of drug-likeness (QED) is 0.106. The van der Waals surface area contributed by atoms with Crippen LogP contribution < -0.4 is 0 Å². The number of carbonyl (C=O) groups excluding carboxylic acids is 2. The zero-order chi connectivity index (χ0) is 41.8. The van der Waals surface area contributed by atoms with E-state index in [-0.39, 0.29) is 29.9 Å². The number of amides is 3. The predicted molar refractivity (Wildman–Crippen MR) is 231 cm³/mol. The Morgan fingerprint density at radius 2 is 1.03 bits per heavy atom. The Labute approximate surface area is 350 Å². The van der Waals surface area contributed by atoms with Crippen LogP contribution >= 0.6 is 0 Å². The van der Waals surface area contributed by atoms with Crippen LogP contribution in [0.15, 0.2) is 122 Å². The number of likely N-dealkylation sites (N-methyl/N-ethyl adjacent to an activating group) is 2. The summed E-state index contributed by atoms with van der Waals surface area (Å²) in [5.41, 5.74) is 7.53. The number of H-pyrrole nitrogens is 2. The van der Waals surface area contributed by atoms with Crippen LogP contribution in [-0.2, 0) is 9.59 Å². The highest BCUT2D eigenvalue weighted by molar-refractivity contribution is 5.87. The maximum absolute atomic E-state index is 14.2. The molecule has 0 radical (unpaired) electrons. The fourth-order valence-electron chi connectivity index (χ4n) is 8.94. The topological polar surface area (TPSA) is 142 Å². The van der Waals surface area contributed by atoms with E-state index in [0.29, 0.717) is 24.5 Å². The molecule has 2 aliphatic heterocycles. The third kappa shape index (κ3) is 8.07. The standard InChI is InChI=1S/C48H52N8O4/c1-4-54(5-2)43(37-16-10-7-11-17-37)47(58)56-29-13-19-41(56)45-50-31-39(52-45)35-26-22-33(23-27-35)32-20-24-34(25-21-32)38-30-49-44(51-38)40-18-12-28-55(40)46(57)42(53(3)48(59)60)36-14-8-6-9-15-36/h6-11,14-17,20-27,30-31,40-43H,4-5,12-13,18-19,28-29H2,1-3H3,(H,49,51)(H,50,52)(H,59,60)/t40-,41-,42+,43+/m0/s1. The first-order chi connectivity index (χ1) is 29.2. The minimum Gasteiger partial charge on any atom is -0.465 e. The van der Waals surface area contributed by atoms with Crippen molar-refractivity contribution in [3.05, 3.63) is 144 Å². The van der Waals surface area contributed by atoms with E-state index in [2.05, 4.69) is 89.4 Å². The highest BCUT2D eigenvalue weighted by atomic mass is 16.4. The molecule has 4 aromatic carbocycles. The molecule has 2 saturated heterocycles. The van der Waals surface area contributed by atoms with Crippen LogP contribution in [0.5, 0.6) is 0 Å². The summed E-state index contributed by atoms with van der Waals surface area (Å²) in [6.45, 7) is 7.03. The molecule has 12 nitrogen and oxygen atoms in total. The van der Waals surface area contributed by atoms with Crippen LogP contribution in [-0.4, -0.2) is 95.8 Å². The zero-order valence-corrected chi connectivity index (χ0v) is 34.4. The van der Waals surface area contributed by atoms with Gasteiger partial charge in [-0.1, -0.05) is 123 Å². The van der Waals surface area contributed by atoms with E-state index in [1.54, 1.807) is 23.2 Å². The van der Waals surface area contributed by atoms with Crippen molar-refractivity contribution in [2.75, 3.05) is 33.2 Å². The van der Waals surface area contributed by atoms with Crippen molar-refractivity contribution in [3.8, 4) is 33.6 Å². The first-order valence-corrected chi connectivity index (χ1v) is 21.0. The Morgan fingerprint density at radius 1 is 0.633 bits per heavy atom. The van der Waals surface area contributed by atoms with E-state index in [4.69, 9.17) is 9.97 Å². The second kappa shape index (κ2) is 17.8. The molecule has 2 fully saturated rings. The van der Waals surface area contributed by atoms with Gasteiger partial charge in [0.15, 0.2) is 0 Å². The van der Waals surface area contributed by atoms with Crippen LogP contribution in [0.2, 0.25) is 0 Å². The van der Waals surface area contributed by atoms with Gasteiger partial charge < -0.3 is 24.9 Å². The summed E-state index contributed by atoms with van der Waals surface area (Å²) in [4.78, 5) is 63.8. The number of hydrogen-bond donors (Lipinski definition) is 3. The molecule has 12 heteroatoms. The first-order valence-electron chi connectivity index (χ1n) is 21.0. The SMILES string of the molecule is CCN(CC)[C@@H](C(=O)N1CCC[C@H]1c1ncc(-c2ccc(-c3ccc(-c4cnc([C@@H]5CCCN5C(=O)[C@@H](c5ccccc5)N(C)C(=O)O)[nH]4)cc3)cc2)[nH]1)c1ccccc1. The van der Waals surface area contributed by atoms with Crippen molar-refractivity contribution in [2.45, 2.75) is 63.7 Å². The van der Waals surface area contributed by atoms with Gasteiger partial charge in [0.2, 0.25) is 5.91 Å². The fourth-order valence-corrected chi connectivity index (χ4v) is 8.94. The van der Waals surface area contributed by atoms with Gasteiger partial charge in [-0.25, -0.2) is 14.8 Å². The number of nitrogens with zero attached hydrogens (tertiary/aromatic N) is 6. The van der Waals surface area contributed by atoms with Crippen LogP contribution in [0.3, 0.4) is 0 Å². The molecule has 4 atom stereocenters. The summed E-state index contributed by atoms with van der Waals surface area (Å²) in [6.07, 6.45) is 5.84. The predicted octanol–water partition coefficient (Wildman–Crippen LogP) is 8.90. The van der Waals surface area contributed by atoms with E-state index >= 15 is 0 Å². The minimum atomic E-state index is -1.16.